The van der Waals surface area contributed by atoms with Gasteiger partial charge in [-0.05, 0) is 103 Å². The van der Waals surface area contributed by atoms with Crippen LogP contribution in [0.1, 0.15) is 81.7 Å². The van der Waals surface area contributed by atoms with Crippen molar-refractivity contribution in [3.8, 4) is 33.6 Å². The van der Waals surface area contributed by atoms with Crippen LogP contribution in [0.15, 0.2) is 103 Å². The quantitative estimate of drug-likeness (QED) is 0.0664. The highest BCUT2D eigenvalue weighted by Gasteiger charge is 2.38. The number of hydrogen-bond acceptors (Lipinski definition) is 8. The second-order valence-electron chi connectivity index (χ2n) is 16.8. The van der Waals surface area contributed by atoms with E-state index in [0.717, 1.165) is 113 Å². The zero-order valence-corrected chi connectivity index (χ0v) is 37.1. The first kappa shape index (κ1) is 44.3. The molecule has 0 spiro atoms. The average Bonchev–Trinajstić information content (AvgIpc) is 4.15. The molecule has 2 saturated heterocycles. The minimum absolute atomic E-state index is 0.0147. The Bertz CT molecular complexity index is 2490. The molecule has 4 aromatic carbocycles. The lowest BCUT2D eigenvalue weighted by Crippen LogP contribution is -2.52. The Labute approximate surface area is 375 Å². The van der Waals surface area contributed by atoms with E-state index in [0.29, 0.717) is 32.6 Å². The summed E-state index contributed by atoms with van der Waals surface area (Å²) in [6.07, 6.45) is 8.81. The molecule has 3 atom stereocenters. The van der Waals surface area contributed by atoms with E-state index in [4.69, 9.17) is 14.5 Å². The van der Waals surface area contributed by atoms with Gasteiger partial charge in [0.15, 0.2) is 0 Å². The van der Waals surface area contributed by atoms with Crippen molar-refractivity contribution in [3.05, 3.63) is 121 Å². The summed E-state index contributed by atoms with van der Waals surface area (Å²) >= 11 is 0. The Morgan fingerprint density at radius 2 is 1.48 bits per heavy atom. The van der Waals surface area contributed by atoms with Gasteiger partial charge in [-0.3, -0.25) is 14.5 Å². The number of likely N-dealkylation sites (tertiary alicyclic amines) is 1. The number of benzene rings is 4. The number of carbonyl (C=O) groups excluding carboxylic acids is 3. The van der Waals surface area contributed by atoms with Crippen molar-refractivity contribution in [1.82, 2.24) is 40.4 Å². The number of nitrogens with zero attached hydrogens (tertiary/aromatic N) is 4. The summed E-state index contributed by atoms with van der Waals surface area (Å²) in [6, 6.07) is 30.7. The Morgan fingerprint density at radius 1 is 0.812 bits per heavy atom. The van der Waals surface area contributed by atoms with Gasteiger partial charge < -0.3 is 35.0 Å². The molecule has 2 aliphatic heterocycles. The van der Waals surface area contributed by atoms with Gasteiger partial charge in [-0.25, -0.2) is 14.8 Å². The second-order valence-corrected chi connectivity index (χ2v) is 16.8. The van der Waals surface area contributed by atoms with E-state index in [1.54, 1.807) is 0 Å². The predicted molar refractivity (Wildman–Crippen MR) is 249 cm³/mol. The van der Waals surface area contributed by atoms with Crippen LogP contribution in [-0.4, -0.2) is 100 Å². The minimum atomic E-state index is -0.639. The first-order valence-electron chi connectivity index (χ1n) is 22.9. The molecule has 0 saturated carbocycles. The largest absolute Gasteiger partial charge is 0.453 e. The minimum Gasteiger partial charge on any atom is -0.453 e. The van der Waals surface area contributed by atoms with E-state index < -0.39 is 12.1 Å². The average molecular weight is 865 g/mol. The lowest BCUT2D eigenvalue weighted by atomic mass is 9.91. The number of aryl methyl sites for hydroxylation is 1. The normalized spacial score (nSPS) is 16.5. The van der Waals surface area contributed by atoms with Crippen molar-refractivity contribution in [2.24, 2.45) is 5.92 Å². The number of imidazole rings is 2. The van der Waals surface area contributed by atoms with Crippen molar-refractivity contribution < 1.29 is 23.9 Å². The van der Waals surface area contributed by atoms with Crippen LogP contribution in [0.5, 0.6) is 0 Å². The van der Waals surface area contributed by atoms with Crippen molar-refractivity contribution >= 4 is 28.7 Å². The first-order valence-corrected chi connectivity index (χ1v) is 22.9. The molecule has 0 radical (unpaired) electrons. The van der Waals surface area contributed by atoms with Gasteiger partial charge in [-0.1, -0.05) is 92.7 Å². The lowest BCUT2D eigenvalue weighted by molar-refractivity contribution is -0.138. The molecule has 2 aliphatic rings. The number of H-pyrrole nitrogens is 2. The third-order valence-corrected chi connectivity index (χ3v) is 12.9. The summed E-state index contributed by atoms with van der Waals surface area (Å²) in [6.45, 7) is 8.21. The molecule has 4 heterocycles. The number of rotatable bonds is 17. The lowest BCUT2D eigenvalue weighted by Gasteiger charge is -2.34. The Morgan fingerprint density at radius 3 is 2.22 bits per heavy atom. The number of aromatic nitrogens is 4. The fraction of sp³-hybridized carbons (Fsp3) is 0.392. The van der Waals surface area contributed by atoms with Gasteiger partial charge in [-0.15, -0.1) is 0 Å². The highest BCUT2D eigenvalue weighted by molar-refractivity contribution is 5.91. The van der Waals surface area contributed by atoms with Crippen molar-refractivity contribution in [3.63, 3.8) is 0 Å². The Kier molecular flexibility index (Phi) is 14.5. The van der Waals surface area contributed by atoms with Crippen LogP contribution >= 0.6 is 0 Å². The highest BCUT2D eigenvalue weighted by atomic mass is 16.5. The van der Waals surface area contributed by atoms with Gasteiger partial charge in [0.05, 0.1) is 36.9 Å². The molecule has 0 unspecified atom stereocenters. The number of aromatic amines is 2. The van der Waals surface area contributed by atoms with E-state index >= 15 is 0 Å². The van der Waals surface area contributed by atoms with Crippen molar-refractivity contribution in [2.45, 2.75) is 76.9 Å². The number of fused-ring (bicyclic) bond motifs is 1. The molecule has 13 heteroatoms. The summed E-state index contributed by atoms with van der Waals surface area (Å²) in [5.41, 5.74) is 7.30. The molecular formula is C51H60N8O5. The smallest absolute Gasteiger partial charge is 0.407 e. The molecule has 3 amide bonds. The third-order valence-electron chi connectivity index (χ3n) is 12.9. The number of amides is 3. The summed E-state index contributed by atoms with van der Waals surface area (Å²) < 4.78 is 10.2. The fourth-order valence-electron chi connectivity index (χ4n) is 9.30. The Hall–Kier alpha value is -6.31. The van der Waals surface area contributed by atoms with E-state index in [-0.39, 0.29) is 29.8 Å². The van der Waals surface area contributed by atoms with Crippen LogP contribution in [-0.2, 0) is 25.5 Å². The molecule has 8 rings (SSSR count). The number of likely N-dealkylation sites (N-methyl/N-ethyl adjacent to an activating group) is 1. The van der Waals surface area contributed by atoms with Crippen LogP contribution in [0.4, 0.5) is 4.79 Å². The van der Waals surface area contributed by atoms with Crippen LogP contribution in [0.2, 0.25) is 0 Å². The molecular weight excluding hydrogens is 805 g/mol. The summed E-state index contributed by atoms with van der Waals surface area (Å²) in [4.78, 5) is 60.0. The van der Waals surface area contributed by atoms with Gasteiger partial charge in [0.25, 0.3) is 0 Å². The maximum absolute atomic E-state index is 14.3. The fourth-order valence-corrected chi connectivity index (χ4v) is 9.30. The number of ether oxygens (including phenoxy) is 2. The zero-order chi connectivity index (χ0) is 44.4. The van der Waals surface area contributed by atoms with Crippen LogP contribution in [0, 0.1) is 5.92 Å². The van der Waals surface area contributed by atoms with Crippen molar-refractivity contribution in [2.75, 3.05) is 46.5 Å². The molecule has 64 heavy (non-hydrogen) atoms. The standard InChI is InChI=1S/C51H60N8O5/c1-4-58(5-2)47(37-12-7-6-8-13-37)50(61)59-27-11-14-44(59)48-54-33-42(56-48)35-18-16-34(17-19-35)38-20-21-40-31-41(23-22-39(40)30-38)43-32-53-45(55-43)15-9-10-26-52-49(60)46(57-51(62)63-3)36-24-28-64-29-25-36/h6-8,12-13,16-23,30-33,36,44,46-47H,4-5,9-11,14-15,24-29H2,1-3H3,(H,52,60)(H,53,55)(H,54,56)(H,57,62)/t44-,46-,47+/m0/s1. The van der Waals surface area contributed by atoms with Gasteiger partial charge >= 0.3 is 6.09 Å². The number of methoxy groups -OCH3 is 1. The molecule has 6 aromatic rings. The van der Waals surface area contributed by atoms with Gasteiger partial charge in [-0.2, -0.15) is 0 Å². The topological polar surface area (TPSA) is 158 Å². The van der Waals surface area contributed by atoms with Crippen LogP contribution in [0.25, 0.3) is 44.4 Å². The molecule has 0 bridgehead atoms. The molecule has 4 N–H and O–H groups in total. The molecule has 334 valence electrons. The molecule has 2 aromatic heterocycles. The molecule has 2 fully saturated rings. The second kappa shape index (κ2) is 20.9. The Balaban J connectivity index is 0.856. The van der Waals surface area contributed by atoms with Gasteiger partial charge in [0, 0.05) is 38.3 Å². The summed E-state index contributed by atoms with van der Waals surface area (Å²) in [7, 11) is 1.30. The number of nitrogens with one attached hydrogen (secondary N) is 4. The molecule has 13 nitrogen and oxygen atoms in total. The van der Waals surface area contributed by atoms with E-state index in [2.05, 4.69) is 117 Å². The van der Waals surface area contributed by atoms with Gasteiger partial charge in [0.2, 0.25) is 11.8 Å². The molecule has 0 aliphatic carbocycles. The summed E-state index contributed by atoms with van der Waals surface area (Å²) in [5, 5.41) is 8.00. The number of carbonyl (C=O) groups is 3. The van der Waals surface area contributed by atoms with E-state index in [9.17, 15) is 14.4 Å². The SMILES string of the molecule is CCN(CC)[C@@H](C(=O)N1CCC[C@H]1c1ncc(-c2ccc(-c3ccc4cc(-c5cnc(CCCCNC(=O)[C@@H](NC(=O)OC)C6CCOCC6)[nH]5)ccc4c3)cc2)[nH]1)c1ccccc1. The van der Waals surface area contributed by atoms with Crippen molar-refractivity contribution in [1.29, 1.82) is 0 Å². The van der Waals surface area contributed by atoms with E-state index in [1.807, 2.05) is 35.5 Å². The number of unbranched alkanes of at least 4 members (excludes halogenated alkanes) is 1. The first-order chi connectivity index (χ1) is 31.3. The number of hydrogen-bond donors (Lipinski definition) is 4. The van der Waals surface area contributed by atoms with Crippen LogP contribution < -0.4 is 10.6 Å². The van der Waals surface area contributed by atoms with Gasteiger partial charge in [0.1, 0.15) is 23.7 Å². The van der Waals surface area contributed by atoms with Crippen LogP contribution in [0.3, 0.4) is 0 Å². The summed E-state index contributed by atoms with van der Waals surface area (Å²) in [5.74, 6) is 1.70. The maximum atomic E-state index is 14.3. The highest BCUT2D eigenvalue weighted by Crippen LogP contribution is 2.36. The maximum Gasteiger partial charge on any atom is 0.407 e. The zero-order valence-electron chi connectivity index (χ0n) is 37.1. The third kappa shape index (κ3) is 10.2. The number of alkyl carbamates (subject to hydrolysis) is 1. The predicted octanol–water partition coefficient (Wildman–Crippen LogP) is 8.62. The monoisotopic (exact) mass is 864 g/mol. The van der Waals surface area contributed by atoms with E-state index in [1.165, 1.54) is 7.11 Å².